The number of alkyl halides is 3. The lowest BCUT2D eigenvalue weighted by molar-refractivity contribution is -0.175. The molecule has 0 aliphatic heterocycles. The number of carboxylic acid groups (broad SMARTS) is 1. The SMILES string of the molecule is NC[C@H](NC(=O)C(F)(F)F)C(=O)O. The number of nitrogens with two attached hydrogens (primary N) is 1. The number of hydrogen-bond donors (Lipinski definition) is 3. The van der Waals surface area contributed by atoms with Crippen molar-refractivity contribution in [1.82, 2.24) is 5.32 Å². The summed E-state index contributed by atoms with van der Waals surface area (Å²) in [4.78, 5) is 20.3. The molecule has 0 spiro atoms. The van der Waals surface area contributed by atoms with E-state index < -0.39 is 30.6 Å². The summed E-state index contributed by atoms with van der Waals surface area (Å²) in [5.41, 5.74) is 4.80. The van der Waals surface area contributed by atoms with Crippen LogP contribution in [0.5, 0.6) is 0 Å². The summed E-state index contributed by atoms with van der Waals surface area (Å²) in [6, 6.07) is -1.71. The van der Waals surface area contributed by atoms with E-state index in [2.05, 4.69) is 0 Å². The zero-order chi connectivity index (χ0) is 10.6. The van der Waals surface area contributed by atoms with Gasteiger partial charge in [-0.2, -0.15) is 13.2 Å². The predicted octanol–water partition coefficient (Wildman–Crippen LogP) is -0.923. The van der Waals surface area contributed by atoms with E-state index in [0.29, 0.717) is 0 Å². The molecule has 0 fully saturated rings. The largest absolute Gasteiger partial charge is 0.480 e. The van der Waals surface area contributed by atoms with E-state index in [1.165, 1.54) is 5.32 Å². The van der Waals surface area contributed by atoms with Gasteiger partial charge in [-0.1, -0.05) is 0 Å². The smallest absolute Gasteiger partial charge is 0.471 e. The van der Waals surface area contributed by atoms with Crippen LogP contribution in [0.4, 0.5) is 13.2 Å². The molecule has 0 rings (SSSR count). The minimum Gasteiger partial charge on any atom is -0.480 e. The molecule has 4 N–H and O–H groups in total. The van der Waals surface area contributed by atoms with Crippen LogP contribution in [0.1, 0.15) is 0 Å². The van der Waals surface area contributed by atoms with Crippen molar-refractivity contribution in [3.05, 3.63) is 0 Å². The Kier molecular flexibility index (Phi) is 3.67. The van der Waals surface area contributed by atoms with E-state index >= 15 is 0 Å². The highest BCUT2D eigenvalue weighted by atomic mass is 19.4. The topological polar surface area (TPSA) is 92.4 Å². The van der Waals surface area contributed by atoms with Crippen LogP contribution in [0.2, 0.25) is 0 Å². The van der Waals surface area contributed by atoms with Crippen molar-refractivity contribution in [3.8, 4) is 0 Å². The van der Waals surface area contributed by atoms with Crippen molar-refractivity contribution >= 4 is 11.9 Å². The first-order valence-electron chi connectivity index (χ1n) is 3.09. The molecule has 0 aliphatic carbocycles. The Balaban J connectivity index is 4.26. The summed E-state index contributed by atoms with van der Waals surface area (Å²) in [6.45, 7) is -0.600. The third kappa shape index (κ3) is 3.74. The molecule has 0 heterocycles. The van der Waals surface area contributed by atoms with Crippen LogP contribution in [-0.4, -0.2) is 35.7 Å². The van der Waals surface area contributed by atoms with E-state index in [9.17, 15) is 22.8 Å². The number of carbonyl (C=O) groups is 2. The van der Waals surface area contributed by atoms with Crippen molar-refractivity contribution in [2.75, 3.05) is 6.54 Å². The molecule has 0 aromatic rings. The normalized spacial score (nSPS) is 13.5. The summed E-state index contributed by atoms with van der Waals surface area (Å²) in [5, 5.41) is 9.44. The molecular formula is C5H7F3N2O3. The van der Waals surface area contributed by atoms with Crippen LogP contribution in [0, 0.1) is 0 Å². The first kappa shape index (κ1) is 11.7. The van der Waals surface area contributed by atoms with Gasteiger partial charge in [0.25, 0.3) is 0 Å². The molecule has 8 heteroatoms. The third-order valence-corrected chi connectivity index (χ3v) is 1.10. The molecule has 0 aromatic heterocycles. The van der Waals surface area contributed by atoms with Gasteiger partial charge in [0.15, 0.2) is 0 Å². The molecule has 0 unspecified atom stereocenters. The second-order valence-electron chi connectivity index (χ2n) is 2.10. The molecule has 13 heavy (non-hydrogen) atoms. The molecule has 0 saturated carbocycles. The Morgan fingerprint density at radius 2 is 1.92 bits per heavy atom. The van der Waals surface area contributed by atoms with Gasteiger partial charge in [-0.25, -0.2) is 4.79 Å². The Hall–Kier alpha value is -1.31. The number of carbonyl (C=O) groups excluding carboxylic acids is 1. The minimum absolute atomic E-state index is 0.600. The number of hydrogen-bond acceptors (Lipinski definition) is 3. The molecule has 1 amide bonds. The summed E-state index contributed by atoms with van der Waals surface area (Å²) >= 11 is 0. The standard InChI is InChI=1S/C5H7F3N2O3/c6-5(7,8)4(13)10-2(1-9)3(11)12/h2H,1,9H2,(H,10,13)(H,11,12)/t2-/m0/s1. The second kappa shape index (κ2) is 4.08. The highest BCUT2D eigenvalue weighted by Crippen LogP contribution is 2.14. The summed E-state index contributed by atoms with van der Waals surface area (Å²) in [5.74, 6) is -3.93. The van der Waals surface area contributed by atoms with Gasteiger partial charge >= 0.3 is 18.1 Å². The summed E-state index contributed by atoms with van der Waals surface area (Å²) in [6.07, 6.45) is -5.09. The predicted molar refractivity (Wildman–Crippen MR) is 34.7 cm³/mol. The fourth-order valence-corrected chi connectivity index (χ4v) is 0.462. The lowest BCUT2D eigenvalue weighted by Gasteiger charge is -2.13. The molecule has 0 saturated heterocycles. The summed E-state index contributed by atoms with van der Waals surface area (Å²) in [7, 11) is 0. The molecule has 0 aliphatic rings. The average molecular weight is 200 g/mol. The van der Waals surface area contributed by atoms with Gasteiger partial charge in [-0.3, -0.25) is 4.79 Å². The molecule has 5 nitrogen and oxygen atoms in total. The maximum Gasteiger partial charge on any atom is 0.471 e. The van der Waals surface area contributed by atoms with Crippen molar-refractivity contribution < 1.29 is 27.9 Å². The van der Waals surface area contributed by atoms with Crippen molar-refractivity contribution in [2.24, 2.45) is 5.73 Å². The number of halogens is 3. The number of carboxylic acids is 1. The van der Waals surface area contributed by atoms with Crippen LogP contribution in [0.3, 0.4) is 0 Å². The zero-order valence-corrected chi connectivity index (χ0v) is 6.26. The van der Waals surface area contributed by atoms with E-state index in [-0.39, 0.29) is 0 Å². The number of amides is 1. The van der Waals surface area contributed by atoms with Gasteiger partial charge in [-0.05, 0) is 0 Å². The monoisotopic (exact) mass is 200 g/mol. The second-order valence-corrected chi connectivity index (χ2v) is 2.10. The maximum atomic E-state index is 11.6. The van der Waals surface area contributed by atoms with Crippen LogP contribution >= 0.6 is 0 Å². The van der Waals surface area contributed by atoms with E-state index in [0.717, 1.165) is 0 Å². The zero-order valence-electron chi connectivity index (χ0n) is 6.26. The van der Waals surface area contributed by atoms with E-state index in [4.69, 9.17) is 10.8 Å². The third-order valence-electron chi connectivity index (χ3n) is 1.10. The molecule has 0 aromatic carbocycles. The highest BCUT2D eigenvalue weighted by Gasteiger charge is 2.40. The number of rotatable bonds is 3. The van der Waals surface area contributed by atoms with Crippen molar-refractivity contribution in [3.63, 3.8) is 0 Å². The lowest BCUT2D eigenvalue weighted by atomic mass is 10.3. The van der Waals surface area contributed by atoms with Crippen LogP contribution in [0.25, 0.3) is 0 Å². The van der Waals surface area contributed by atoms with Gasteiger partial charge in [0.05, 0.1) is 0 Å². The molecular weight excluding hydrogens is 193 g/mol. The van der Waals surface area contributed by atoms with Gasteiger partial charge in [0.1, 0.15) is 6.04 Å². The van der Waals surface area contributed by atoms with E-state index in [1.54, 1.807) is 0 Å². The van der Waals surface area contributed by atoms with Crippen molar-refractivity contribution in [1.29, 1.82) is 0 Å². The van der Waals surface area contributed by atoms with Gasteiger partial charge in [0, 0.05) is 6.54 Å². The first-order valence-corrected chi connectivity index (χ1v) is 3.09. The van der Waals surface area contributed by atoms with E-state index in [1.807, 2.05) is 0 Å². The number of nitrogens with one attached hydrogen (secondary N) is 1. The van der Waals surface area contributed by atoms with Gasteiger partial charge < -0.3 is 16.2 Å². The van der Waals surface area contributed by atoms with Crippen LogP contribution in [-0.2, 0) is 9.59 Å². The Morgan fingerprint density at radius 3 is 2.15 bits per heavy atom. The number of aliphatic carboxylic acids is 1. The maximum absolute atomic E-state index is 11.6. The molecule has 76 valence electrons. The lowest BCUT2D eigenvalue weighted by Crippen LogP contribution is -2.50. The molecule has 0 bridgehead atoms. The highest BCUT2D eigenvalue weighted by molar-refractivity contribution is 5.87. The molecule has 1 atom stereocenters. The fourth-order valence-electron chi connectivity index (χ4n) is 0.462. The van der Waals surface area contributed by atoms with Gasteiger partial charge in [0.2, 0.25) is 0 Å². The Morgan fingerprint density at radius 1 is 1.46 bits per heavy atom. The Bertz CT molecular complexity index is 216. The fraction of sp³-hybridized carbons (Fsp3) is 0.600. The first-order chi connectivity index (χ1) is 5.79. The average Bonchev–Trinajstić information content (AvgIpc) is 1.96. The van der Waals surface area contributed by atoms with Gasteiger partial charge in [-0.15, -0.1) is 0 Å². The van der Waals surface area contributed by atoms with Crippen LogP contribution in [0.15, 0.2) is 0 Å². The molecule has 0 radical (unpaired) electrons. The summed E-state index contributed by atoms with van der Waals surface area (Å²) < 4.78 is 34.7. The van der Waals surface area contributed by atoms with Crippen LogP contribution < -0.4 is 11.1 Å². The minimum atomic E-state index is -5.09. The van der Waals surface area contributed by atoms with Crippen molar-refractivity contribution in [2.45, 2.75) is 12.2 Å². The quantitative estimate of drug-likeness (QED) is 0.549. The Labute approximate surface area is 70.7 Å².